The Balaban J connectivity index is 2.00. The molecule has 106 valence electrons. The third-order valence-corrected chi connectivity index (χ3v) is 5.78. The predicted octanol–water partition coefficient (Wildman–Crippen LogP) is 3.16. The first kappa shape index (κ1) is 14.6. The summed E-state index contributed by atoms with van der Waals surface area (Å²) in [4.78, 5) is 11.2. The van der Waals surface area contributed by atoms with Gasteiger partial charge in [0.15, 0.2) is 0 Å². The number of thioether (sulfide) groups is 1. The van der Waals surface area contributed by atoms with Crippen LogP contribution in [0.2, 0.25) is 0 Å². The Kier molecular flexibility index (Phi) is 3.78. The van der Waals surface area contributed by atoms with E-state index in [1.807, 2.05) is 18.7 Å². The van der Waals surface area contributed by atoms with E-state index in [0.29, 0.717) is 5.92 Å². The van der Waals surface area contributed by atoms with E-state index in [1.54, 1.807) is 0 Å². The Bertz CT molecular complexity index is 311. The van der Waals surface area contributed by atoms with Crippen LogP contribution in [-0.4, -0.2) is 32.9 Å². The molecule has 2 aliphatic rings. The average molecular weight is 274 g/mol. The number of rotatable bonds is 2. The Morgan fingerprint density at radius 1 is 1.33 bits per heavy atom. The van der Waals surface area contributed by atoms with Crippen LogP contribution in [0, 0.1) is 5.92 Å². The topological polar surface area (TPSA) is 38.7 Å². The molecule has 3 nitrogen and oxygen atoms in total. The Morgan fingerprint density at radius 3 is 2.61 bits per heavy atom. The van der Waals surface area contributed by atoms with Gasteiger partial charge in [-0.3, -0.25) is 0 Å². The summed E-state index contributed by atoms with van der Waals surface area (Å²) in [5.41, 5.74) is -0.944. The number of hydrogen-bond donors (Lipinski definition) is 1. The molecule has 1 heterocycles. The van der Waals surface area contributed by atoms with Gasteiger partial charge in [0.05, 0.1) is 5.60 Å². The second kappa shape index (κ2) is 4.65. The number of aliphatic hydroxyl groups is 1. The minimum absolute atomic E-state index is 0.163. The Morgan fingerprint density at radius 2 is 2.00 bits per heavy atom. The van der Waals surface area contributed by atoms with Gasteiger partial charge >= 0.3 is 0 Å². The lowest BCUT2D eigenvalue weighted by atomic mass is 9.71. The molecule has 1 unspecified atom stereocenters. The molecule has 2 rings (SSSR count). The van der Waals surface area contributed by atoms with Crippen LogP contribution in [-0.2, 0) is 9.78 Å². The molecule has 18 heavy (non-hydrogen) atoms. The van der Waals surface area contributed by atoms with Gasteiger partial charge in [-0.15, -0.1) is 0 Å². The van der Waals surface area contributed by atoms with E-state index < -0.39 is 5.60 Å². The molecule has 2 bridgehead atoms. The fourth-order valence-electron chi connectivity index (χ4n) is 2.69. The van der Waals surface area contributed by atoms with E-state index in [9.17, 15) is 5.11 Å². The summed E-state index contributed by atoms with van der Waals surface area (Å²) >= 11 is 1.92. The molecule has 0 aromatic carbocycles. The van der Waals surface area contributed by atoms with Crippen LogP contribution in [0.15, 0.2) is 0 Å². The zero-order valence-corrected chi connectivity index (χ0v) is 13.0. The molecule has 2 fully saturated rings. The van der Waals surface area contributed by atoms with Crippen LogP contribution in [0.1, 0.15) is 53.9 Å². The second-order valence-electron chi connectivity index (χ2n) is 7.21. The molecular weight excluding hydrogens is 248 g/mol. The molecule has 0 amide bonds. The largest absolute Gasteiger partial charge is 0.387 e. The van der Waals surface area contributed by atoms with Crippen molar-refractivity contribution in [1.29, 1.82) is 0 Å². The van der Waals surface area contributed by atoms with Gasteiger partial charge in [-0.25, -0.2) is 9.78 Å². The van der Waals surface area contributed by atoms with Crippen molar-refractivity contribution in [2.24, 2.45) is 5.92 Å². The van der Waals surface area contributed by atoms with E-state index in [2.05, 4.69) is 27.7 Å². The molecule has 4 heteroatoms. The minimum atomic E-state index is -0.727. The molecule has 0 spiro atoms. The molecule has 1 aliphatic carbocycles. The van der Waals surface area contributed by atoms with Crippen LogP contribution >= 0.6 is 11.8 Å². The van der Waals surface area contributed by atoms with Crippen molar-refractivity contribution in [3.8, 4) is 0 Å². The summed E-state index contributed by atoms with van der Waals surface area (Å²) in [6.07, 6.45) is 2.58. The van der Waals surface area contributed by atoms with Crippen LogP contribution in [0.4, 0.5) is 0 Å². The summed E-state index contributed by atoms with van der Waals surface area (Å²) in [5, 5.41) is 10.2. The third kappa shape index (κ3) is 3.03. The first-order chi connectivity index (χ1) is 8.12. The lowest BCUT2D eigenvalue weighted by Crippen LogP contribution is -2.57. The number of fused-ring (bicyclic) bond motifs is 2. The van der Waals surface area contributed by atoms with E-state index in [4.69, 9.17) is 9.78 Å². The highest BCUT2D eigenvalue weighted by molar-refractivity contribution is 8.00. The van der Waals surface area contributed by atoms with Crippen LogP contribution in [0.25, 0.3) is 0 Å². The highest BCUT2D eigenvalue weighted by Gasteiger charge is 2.51. The molecular formula is C14H26O3S. The van der Waals surface area contributed by atoms with Gasteiger partial charge in [-0.1, -0.05) is 20.8 Å². The normalized spacial score (nSPS) is 45.0. The minimum Gasteiger partial charge on any atom is -0.387 e. The fraction of sp³-hybridized carbons (Fsp3) is 1.00. The lowest BCUT2D eigenvalue weighted by Gasteiger charge is -2.51. The second-order valence-corrected chi connectivity index (χ2v) is 9.01. The zero-order valence-electron chi connectivity index (χ0n) is 12.2. The third-order valence-electron chi connectivity index (χ3n) is 4.20. The van der Waals surface area contributed by atoms with E-state index >= 15 is 0 Å². The van der Waals surface area contributed by atoms with E-state index in [-0.39, 0.29) is 16.5 Å². The van der Waals surface area contributed by atoms with E-state index in [0.717, 1.165) is 25.0 Å². The van der Waals surface area contributed by atoms with Crippen LogP contribution in [0.5, 0.6) is 0 Å². The quantitative estimate of drug-likeness (QED) is 0.785. The summed E-state index contributed by atoms with van der Waals surface area (Å²) in [6, 6.07) is 0. The standard InChI is InChI=1S/C14H26O3S/c1-12(2,3)18-9-14(5)10-6-7-13(4,15)11(8-10)16-17-14/h10-11,15H,6-9H2,1-5H3/t10-,11-,13-,14?/m1/s1. The SMILES string of the molecule is CC(C)(C)SCC1(C)OO[C@@H]2C[C@H]1CC[C@@]2(C)O. The van der Waals surface area contributed by atoms with Crippen molar-refractivity contribution in [3.63, 3.8) is 0 Å². The van der Waals surface area contributed by atoms with Crippen molar-refractivity contribution >= 4 is 11.8 Å². The molecule has 1 saturated heterocycles. The molecule has 0 radical (unpaired) electrons. The molecule has 4 atom stereocenters. The Hall–Kier alpha value is 0.230. The summed E-state index contributed by atoms with van der Waals surface area (Å²) in [7, 11) is 0. The Labute approximate surface area is 115 Å². The summed E-state index contributed by atoms with van der Waals surface area (Å²) < 4.78 is 0.239. The molecule has 0 aromatic heterocycles. The maximum atomic E-state index is 10.2. The number of hydrogen-bond acceptors (Lipinski definition) is 4. The van der Waals surface area contributed by atoms with Crippen LogP contribution < -0.4 is 0 Å². The molecule has 1 aliphatic heterocycles. The molecule has 1 N–H and O–H groups in total. The van der Waals surface area contributed by atoms with Crippen molar-refractivity contribution < 1.29 is 14.9 Å². The van der Waals surface area contributed by atoms with Gasteiger partial charge in [0.2, 0.25) is 0 Å². The zero-order chi connectivity index (χ0) is 13.6. The maximum absolute atomic E-state index is 10.2. The van der Waals surface area contributed by atoms with Crippen molar-refractivity contribution in [2.75, 3.05) is 5.75 Å². The first-order valence-electron chi connectivity index (χ1n) is 6.83. The summed E-state index contributed by atoms with van der Waals surface area (Å²) in [5.74, 6) is 1.43. The smallest absolute Gasteiger partial charge is 0.122 e. The van der Waals surface area contributed by atoms with Gasteiger partial charge < -0.3 is 5.11 Å². The van der Waals surface area contributed by atoms with Gasteiger partial charge in [0, 0.05) is 10.5 Å². The predicted molar refractivity (Wildman–Crippen MR) is 74.5 cm³/mol. The van der Waals surface area contributed by atoms with Gasteiger partial charge in [0.1, 0.15) is 11.7 Å². The first-order valence-corrected chi connectivity index (χ1v) is 7.82. The highest BCUT2D eigenvalue weighted by atomic mass is 32.2. The molecule has 0 aromatic rings. The van der Waals surface area contributed by atoms with Crippen molar-refractivity contribution in [2.45, 2.75) is 75.9 Å². The molecule has 1 saturated carbocycles. The summed E-state index contributed by atoms with van der Waals surface area (Å²) in [6.45, 7) is 10.7. The van der Waals surface area contributed by atoms with Gasteiger partial charge in [-0.05, 0) is 39.0 Å². The van der Waals surface area contributed by atoms with Crippen molar-refractivity contribution in [3.05, 3.63) is 0 Å². The fourth-order valence-corrected chi connectivity index (χ4v) is 3.70. The van der Waals surface area contributed by atoms with E-state index in [1.165, 1.54) is 0 Å². The lowest BCUT2D eigenvalue weighted by molar-refractivity contribution is -0.441. The maximum Gasteiger partial charge on any atom is 0.122 e. The average Bonchev–Trinajstić information content (AvgIpc) is 2.24. The van der Waals surface area contributed by atoms with Gasteiger partial charge in [-0.2, -0.15) is 11.8 Å². The van der Waals surface area contributed by atoms with Gasteiger partial charge in [0.25, 0.3) is 0 Å². The monoisotopic (exact) mass is 274 g/mol. The van der Waals surface area contributed by atoms with Crippen LogP contribution in [0.3, 0.4) is 0 Å². The van der Waals surface area contributed by atoms with Crippen molar-refractivity contribution in [1.82, 2.24) is 0 Å². The highest BCUT2D eigenvalue weighted by Crippen LogP contribution is 2.47.